The van der Waals surface area contributed by atoms with Crippen molar-refractivity contribution in [1.82, 2.24) is 19.7 Å². The van der Waals surface area contributed by atoms with Gasteiger partial charge in [0, 0.05) is 43.6 Å². The summed E-state index contributed by atoms with van der Waals surface area (Å²) in [7, 11) is 0. The van der Waals surface area contributed by atoms with Crippen molar-refractivity contribution < 1.29 is 4.79 Å². The molecule has 0 unspecified atom stereocenters. The van der Waals surface area contributed by atoms with Gasteiger partial charge in [-0.2, -0.15) is 5.10 Å². The minimum Gasteiger partial charge on any atom is -0.342 e. The van der Waals surface area contributed by atoms with Crippen LogP contribution in [-0.2, 0) is 11.3 Å². The van der Waals surface area contributed by atoms with Crippen molar-refractivity contribution in [2.75, 3.05) is 19.6 Å². The molecule has 24 heavy (non-hydrogen) atoms. The molecule has 1 atom stereocenters. The smallest absolute Gasteiger partial charge is 0.223 e. The third-order valence-corrected chi connectivity index (χ3v) is 4.49. The molecule has 1 fully saturated rings. The van der Waals surface area contributed by atoms with Crippen LogP contribution >= 0.6 is 0 Å². The van der Waals surface area contributed by atoms with E-state index < -0.39 is 0 Å². The van der Waals surface area contributed by atoms with Gasteiger partial charge < -0.3 is 10.6 Å². The maximum atomic E-state index is 12.5. The third-order valence-electron chi connectivity index (χ3n) is 4.49. The number of rotatable bonds is 4. The van der Waals surface area contributed by atoms with Gasteiger partial charge in [0.2, 0.25) is 5.91 Å². The maximum absolute atomic E-state index is 12.5. The van der Waals surface area contributed by atoms with Gasteiger partial charge in [-0.25, -0.2) is 9.67 Å². The zero-order chi connectivity index (χ0) is 17.3. The number of aromatic nitrogens is 3. The van der Waals surface area contributed by atoms with Crippen molar-refractivity contribution >= 4 is 16.9 Å². The van der Waals surface area contributed by atoms with Crippen LogP contribution in [0.3, 0.4) is 0 Å². The van der Waals surface area contributed by atoms with E-state index in [9.17, 15) is 4.79 Å². The number of nitrogens with two attached hydrogens (primary N) is 1. The number of carbonyl (C=O) groups is 1. The van der Waals surface area contributed by atoms with Crippen molar-refractivity contribution in [2.45, 2.75) is 46.1 Å². The van der Waals surface area contributed by atoms with E-state index in [4.69, 9.17) is 10.8 Å². The summed E-state index contributed by atoms with van der Waals surface area (Å²) in [6.07, 6.45) is 3.33. The van der Waals surface area contributed by atoms with Gasteiger partial charge >= 0.3 is 0 Å². The summed E-state index contributed by atoms with van der Waals surface area (Å²) >= 11 is 0. The molecular weight excluding hydrogens is 302 g/mol. The Morgan fingerprint density at radius 1 is 1.42 bits per heavy atom. The first-order valence-electron chi connectivity index (χ1n) is 8.68. The zero-order valence-corrected chi connectivity index (χ0v) is 14.8. The number of carbonyl (C=O) groups excluding carboxylic acids is 1. The molecule has 6 nitrogen and oxygen atoms in total. The normalized spacial score (nSPS) is 18.5. The fraction of sp³-hybridized carbons (Fsp3) is 0.611. The molecule has 0 spiro atoms. The Hall–Kier alpha value is -1.95. The maximum Gasteiger partial charge on any atom is 0.223 e. The molecule has 1 saturated heterocycles. The minimum atomic E-state index is 0.0223. The van der Waals surface area contributed by atoms with Crippen LogP contribution < -0.4 is 5.73 Å². The molecular formula is C18H27N5O. The van der Waals surface area contributed by atoms with Crippen molar-refractivity contribution in [1.29, 1.82) is 0 Å². The van der Waals surface area contributed by atoms with Gasteiger partial charge in [-0.05, 0) is 24.0 Å². The first-order valence-corrected chi connectivity index (χ1v) is 8.68. The Bertz CT molecular complexity index is 731. The monoisotopic (exact) mass is 329 g/mol. The molecule has 1 amide bonds. The van der Waals surface area contributed by atoms with Crippen molar-refractivity contribution in [2.24, 2.45) is 11.1 Å². The van der Waals surface area contributed by atoms with Crippen LogP contribution in [-0.4, -0.2) is 45.2 Å². The minimum absolute atomic E-state index is 0.0223. The highest BCUT2D eigenvalue weighted by atomic mass is 16.2. The van der Waals surface area contributed by atoms with Crippen molar-refractivity contribution in [3.05, 3.63) is 24.0 Å². The van der Waals surface area contributed by atoms with E-state index in [0.29, 0.717) is 19.5 Å². The van der Waals surface area contributed by atoms with Gasteiger partial charge in [-0.1, -0.05) is 20.8 Å². The summed E-state index contributed by atoms with van der Waals surface area (Å²) in [5.41, 5.74) is 7.66. The first-order chi connectivity index (χ1) is 11.4. The summed E-state index contributed by atoms with van der Waals surface area (Å²) in [6.45, 7) is 9.06. The standard InChI is InChI=1S/C18H27N5O/c1-18(2,3)11-15(24)22-9-6-13(12-22)16-14-5-4-8-20-17(14)23(21-16)10-7-19/h4-5,8,13H,6-7,9-12,19H2,1-3H3/t13-/m0/s1. The number of likely N-dealkylation sites (tertiary alicyclic amines) is 1. The lowest BCUT2D eigenvalue weighted by atomic mass is 9.91. The topological polar surface area (TPSA) is 77.0 Å². The Kier molecular flexibility index (Phi) is 4.58. The molecule has 1 aliphatic heterocycles. The number of fused-ring (bicyclic) bond motifs is 1. The molecule has 130 valence electrons. The summed E-state index contributed by atoms with van der Waals surface area (Å²) in [4.78, 5) is 18.9. The largest absolute Gasteiger partial charge is 0.342 e. The average Bonchev–Trinajstić information content (AvgIpc) is 3.11. The van der Waals surface area contributed by atoms with Crippen LogP contribution in [0.2, 0.25) is 0 Å². The highest BCUT2D eigenvalue weighted by molar-refractivity contribution is 5.80. The van der Waals surface area contributed by atoms with Crippen LogP contribution in [0, 0.1) is 5.41 Å². The molecule has 2 aromatic rings. The Balaban J connectivity index is 1.81. The number of amides is 1. The molecule has 0 bridgehead atoms. The fourth-order valence-corrected chi connectivity index (χ4v) is 3.39. The third kappa shape index (κ3) is 3.43. The van der Waals surface area contributed by atoms with Gasteiger partial charge in [0.25, 0.3) is 0 Å². The summed E-state index contributed by atoms with van der Waals surface area (Å²) < 4.78 is 1.89. The Labute approximate surface area is 143 Å². The van der Waals surface area contributed by atoms with E-state index in [1.54, 1.807) is 6.20 Å². The molecule has 3 heterocycles. The zero-order valence-electron chi connectivity index (χ0n) is 14.8. The van der Waals surface area contributed by atoms with E-state index in [1.165, 1.54) is 0 Å². The molecule has 3 rings (SSSR count). The highest BCUT2D eigenvalue weighted by Crippen LogP contribution is 2.32. The molecule has 0 saturated carbocycles. The Morgan fingerprint density at radius 2 is 2.21 bits per heavy atom. The lowest BCUT2D eigenvalue weighted by Crippen LogP contribution is -2.31. The van der Waals surface area contributed by atoms with Crippen LogP contribution in [0.5, 0.6) is 0 Å². The summed E-state index contributed by atoms with van der Waals surface area (Å²) in [5, 5.41) is 5.85. The van der Waals surface area contributed by atoms with Crippen LogP contribution in [0.4, 0.5) is 0 Å². The molecule has 0 aliphatic carbocycles. The van der Waals surface area contributed by atoms with Gasteiger partial charge in [0.15, 0.2) is 5.65 Å². The average molecular weight is 329 g/mol. The molecule has 1 aliphatic rings. The molecule has 6 heteroatoms. The summed E-state index contributed by atoms with van der Waals surface area (Å²) in [6, 6.07) is 4.01. The second kappa shape index (κ2) is 6.51. The lowest BCUT2D eigenvalue weighted by molar-refractivity contribution is -0.132. The quantitative estimate of drug-likeness (QED) is 0.932. The Morgan fingerprint density at radius 3 is 2.92 bits per heavy atom. The van der Waals surface area contributed by atoms with Crippen LogP contribution in [0.25, 0.3) is 11.0 Å². The number of hydrogen-bond acceptors (Lipinski definition) is 4. The van der Waals surface area contributed by atoms with Crippen LogP contribution in [0.1, 0.15) is 45.2 Å². The molecule has 2 aromatic heterocycles. The number of pyridine rings is 1. The van der Waals surface area contributed by atoms with Gasteiger partial charge in [0.05, 0.1) is 12.2 Å². The molecule has 0 aromatic carbocycles. The first kappa shape index (κ1) is 16.9. The van der Waals surface area contributed by atoms with Gasteiger partial charge in [-0.3, -0.25) is 4.79 Å². The van der Waals surface area contributed by atoms with E-state index in [1.807, 2.05) is 15.6 Å². The van der Waals surface area contributed by atoms with Gasteiger partial charge in [-0.15, -0.1) is 0 Å². The fourth-order valence-electron chi connectivity index (χ4n) is 3.39. The predicted molar refractivity (Wildman–Crippen MR) is 94.6 cm³/mol. The van der Waals surface area contributed by atoms with Crippen molar-refractivity contribution in [3.63, 3.8) is 0 Å². The predicted octanol–water partition coefficient (Wildman–Crippen LogP) is 2.14. The van der Waals surface area contributed by atoms with E-state index in [-0.39, 0.29) is 17.2 Å². The molecule has 2 N–H and O–H groups in total. The van der Waals surface area contributed by atoms with Crippen LogP contribution in [0.15, 0.2) is 18.3 Å². The number of hydrogen-bond donors (Lipinski definition) is 1. The van der Waals surface area contributed by atoms with E-state index in [2.05, 4.69) is 31.8 Å². The molecule has 0 radical (unpaired) electrons. The van der Waals surface area contributed by atoms with E-state index >= 15 is 0 Å². The van der Waals surface area contributed by atoms with Crippen molar-refractivity contribution in [3.8, 4) is 0 Å². The van der Waals surface area contributed by atoms with E-state index in [0.717, 1.165) is 36.2 Å². The highest BCUT2D eigenvalue weighted by Gasteiger charge is 2.32. The summed E-state index contributed by atoms with van der Waals surface area (Å²) in [5.74, 6) is 0.522. The second-order valence-electron chi connectivity index (χ2n) is 7.83. The van der Waals surface area contributed by atoms with Gasteiger partial charge in [0.1, 0.15) is 0 Å². The lowest BCUT2D eigenvalue weighted by Gasteiger charge is -2.22. The number of nitrogens with zero attached hydrogens (tertiary/aromatic N) is 4. The second-order valence-corrected chi connectivity index (χ2v) is 7.83. The SMILES string of the molecule is CC(C)(C)CC(=O)N1CC[C@H](c2nn(CCN)c3ncccc23)C1.